The first kappa shape index (κ1) is 53.7. The van der Waals surface area contributed by atoms with Gasteiger partial charge in [0.15, 0.2) is 18.9 Å². The van der Waals surface area contributed by atoms with E-state index in [0.29, 0.717) is 30.7 Å². The van der Waals surface area contributed by atoms with Crippen molar-refractivity contribution in [2.24, 2.45) is 56.7 Å². The summed E-state index contributed by atoms with van der Waals surface area (Å²) in [6, 6.07) is 10.2. The summed E-state index contributed by atoms with van der Waals surface area (Å²) in [5.74, 6) is 1.80. The molecule has 9 rings (SSSR count). The maximum Gasteiger partial charge on any atom is 0.227 e. The molecular weight excluding hydrogens is 915 g/mol. The van der Waals surface area contributed by atoms with Crippen molar-refractivity contribution in [3.05, 3.63) is 47.5 Å². The third-order valence-corrected chi connectivity index (χ3v) is 21.0. The lowest BCUT2D eigenvalue weighted by Gasteiger charge is -2.71. The first-order valence-electron chi connectivity index (χ1n) is 26.8. The third kappa shape index (κ3) is 8.71. The number of aliphatic hydroxyl groups is 8. The number of ether oxygens (including phenoxy) is 6. The summed E-state index contributed by atoms with van der Waals surface area (Å²) in [6.45, 7) is 19.7. The summed E-state index contributed by atoms with van der Waals surface area (Å²) in [6.07, 6.45) is -11.6. The standard InChI is InChI=1S/C55H85NO15/c1-27-17-22-55(50(65)56-25-31-13-11-10-12-14-31)24-23-53(8)32(37(55)28(27)2)15-16-35-52(7)20-19-36(51(5,6)34(52)18-21-54(35,53)9)69-49-46(71-48-43(63)41(61)39(59)30(4)67-48)44(64)45(33(26-57)68-49)70-47-42(62)40(60)38(58)29(3)66-47/h10-15,27-30,33-49,57-64H,16-26H2,1-9H3,(H,56,65)/t27-,28+,29+,30+,33-,34+,35-,36-,37+,38+,39+,40-,41-,42-,43-,44+,45-,46-,47+,48+,49+,52+,53-,54-,55+/m1/s1. The van der Waals surface area contributed by atoms with Crippen molar-refractivity contribution in [3.63, 3.8) is 0 Å². The SMILES string of the molecule is C[C@H]1[C@H](C)CC[C@]2(C(=O)NCc3ccccc3)CC[C@]3(C)C(=CC[C@@H]4[C@@]5(C)CC[C@@H](O[C@@H]6O[C@H](CO)[C@@H](O[C@@H]7O[C@@H](C)[C@H](O)[C@@H](O)[C@H]7O)[C@H](O)[C@H]6O[C@@H]6O[C@@H](C)[C@H](O)[C@@H](O)[C@H]6O)C(C)(C)[C@@H]5CC[C@]43C)[C@H]12. The highest BCUT2D eigenvalue weighted by Crippen LogP contribution is 2.76. The Balaban J connectivity index is 0.975. The minimum absolute atomic E-state index is 0.0320. The lowest BCUT2D eigenvalue weighted by atomic mass is 9.33. The molecule has 9 N–H and O–H groups in total. The average Bonchev–Trinajstić information content (AvgIpc) is 3.34. The van der Waals surface area contributed by atoms with Crippen LogP contribution in [0.25, 0.3) is 0 Å². The number of amides is 1. The van der Waals surface area contributed by atoms with E-state index in [9.17, 15) is 45.6 Å². The molecule has 8 aliphatic rings. The molecule has 400 valence electrons. The summed E-state index contributed by atoms with van der Waals surface area (Å²) < 4.78 is 37.4. The van der Waals surface area contributed by atoms with Gasteiger partial charge in [-0.2, -0.15) is 0 Å². The van der Waals surface area contributed by atoms with Gasteiger partial charge in [0, 0.05) is 6.54 Å². The normalized spacial score (nSPS) is 51.7. The number of benzene rings is 1. The van der Waals surface area contributed by atoms with Crippen molar-refractivity contribution in [3.8, 4) is 0 Å². The van der Waals surface area contributed by atoms with Crippen LogP contribution in [0.15, 0.2) is 42.0 Å². The fourth-order valence-electron chi connectivity index (χ4n) is 16.2. The predicted molar refractivity (Wildman–Crippen MR) is 258 cm³/mol. The van der Waals surface area contributed by atoms with E-state index in [0.717, 1.165) is 56.9 Å². The molecular formula is C55H85NO15. The fraction of sp³-hybridized carbons (Fsp3) is 0.836. The van der Waals surface area contributed by atoms with Crippen molar-refractivity contribution >= 4 is 5.91 Å². The molecule has 0 radical (unpaired) electrons. The Morgan fingerprint density at radius 1 is 0.662 bits per heavy atom. The molecule has 1 amide bonds. The molecule has 5 aliphatic carbocycles. The first-order valence-corrected chi connectivity index (χ1v) is 26.8. The molecule has 1 aromatic rings. The third-order valence-electron chi connectivity index (χ3n) is 21.0. The summed E-state index contributed by atoms with van der Waals surface area (Å²) in [5, 5.41) is 90.6. The van der Waals surface area contributed by atoms with Gasteiger partial charge >= 0.3 is 0 Å². The monoisotopic (exact) mass is 1000 g/mol. The quantitative estimate of drug-likeness (QED) is 0.119. The van der Waals surface area contributed by atoms with E-state index in [4.69, 9.17) is 28.4 Å². The topological polar surface area (TPSA) is 246 Å². The van der Waals surface area contributed by atoms with Gasteiger partial charge in [-0.1, -0.05) is 90.4 Å². The van der Waals surface area contributed by atoms with Crippen LogP contribution in [0, 0.1) is 56.7 Å². The Bertz CT molecular complexity index is 2080. The Morgan fingerprint density at radius 3 is 1.90 bits per heavy atom. The number of carbonyl (C=O) groups is 1. The summed E-state index contributed by atoms with van der Waals surface area (Å²) >= 11 is 0. The lowest BCUT2D eigenvalue weighted by Crippen LogP contribution is -2.68. The molecule has 71 heavy (non-hydrogen) atoms. The second-order valence-electron chi connectivity index (χ2n) is 24.7. The van der Waals surface area contributed by atoms with Gasteiger partial charge < -0.3 is 74.6 Å². The Hall–Kier alpha value is -2.13. The van der Waals surface area contributed by atoms with Crippen LogP contribution in [0.1, 0.15) is 126 Å². The highest BCUT2D eigenvalue weighted by Gasteiger charge is 2.70. The fourth-order valence-corrected chi connectivity index (χ4v) is 16.2. The van der Waals surface area contributed by atoms with Gasteiger partial charge in [-0.05, 0) is 128 Å². The van der Waals surface area contributed by atoms with Gasteiger partial charge in [0.25, 0.3) is 0 Å². The van der Waals surface area contributed by atoms with E-state index in [-0.39, 0.29) is 34.0 Å². The van der Waals surface area contributed by atoms with Gasteiger partial charge in [0.05, 0.1) is 30.3 Å². The molecule has 25 atom stereocenters. The van der Waals surface area contributed by atoms with Gasteiger partial charge in [0.2, 0.25) is 5.91 Å². The lowest BCUT2D eigenvalue weighted by molar-refractivity contribution is -0.393. The molecule has 3 aliphatic heterocycles. The number of fused-ring (bicyclic) bond motifs is 7. The number of rotatable bonds is 10. The van der Waals surface area contributed by atoms with E-state index >= 15 is 0 Å². The molecule has 0 spiro atoms. The second-order valence-corrected chi connectivity index (χ2v) is 24.7. The van der Waals surface area contributed by atoms with Crippen molar-refractivity contribution < 1.29 is 74.1 Å². The van der Waals surface area contributed by atoms with Crippen LogP contribution in [0.3, 0.4) is 0 Å². The van der Waals surface area contributed by atoms with Gasteiger partial charge in [-0.25, -0.2) is 0 Å². The number of nitrogens with one attached hydrogen (secondary N) is 1. The first-order chi connectivity index (χ1) is 33.4. The maximum absolute atomic E-state index is 14.7. The molecule has 3 heterocycles. The summed E-state index contributed by atoms with van der Waals surface area (Å²) in [4.78, 5) is 14.7. The van der Waals surface area contributed by atoms with Gasteiger partial charge in [-0.3, -0.25) is 4.79 Å². The van der Waals surface area contributed by atoms with Crippen molar-refractivity contribution in [2.75, 3.05) is 6.61 Å². The summed E-state index contributed by atoms with van der Waals surface area (Å²) in [7, 11) is 0. The Labute approximate surface area is 419 Å². The van der Waals surface area contributed by atoms with E-state index in [1.807, 2.05) is 18.2 Å². The van der Waals surface area contributed by atoms with Crippen LogP contribution in [-0.4, -0.2) is 152 Å². The molecule has 16 nitrogen and oxygen atoms in total. The smallest absolute Gasteiger partial charge is 0.227 e. The highest BCUT2D eigenvalue weighted by atomic mass is 16.8. The van der Waals surface area contributed by atoms with Crippen LogP contribution < -0.4 is 5.32 Å². The molecule has 0 unspecified atom stereocenters. The molecule has 7 fully saturated rings. The van der Waals surface area contributed by atoms with Crippen LogP contribution >= 0.6 is 0 Å². The van der Waals surface area contributed by atoms with Crippen molar-refractivity contribution in [2.45, 2.75) is 225 Å². The Morgan fingerprint density at radius 2 is 1.28 bits per heavy atom. The molecule has 1 aromatic carbocycles. The summed E-state index contributed by atoms with van der Waals surface area (Å²) in [5.41, 5.74) is 1.50. The Kier molecular flexibility index (Phi) is 15.0. The average molecular weight is 1000 g/mol. The maximum atomic E-state index is 14.7. The highest BCUT2D eigenvalue weighted by molar-refractivity contribution is 5.84. The van der Waals surface area contributed by atoms with E-state index in [1.165, 1.54) is 19.4 Å². The number of hydrogen-bond donors (Lipinski definition) is 9. The second kappa shape index (κ2) is 19.8. The number of hydrogen-bond acceptors (Lipinski definition) is 15. The van der Waals surface area contributed by atoms with E-state index in [1.54, 1.807) is 0 Å². The molecule has 4 saturated carbocycles. The number of allylic oxidation sites excluding steroid dienone is 2. The predicted octanol–water partition coefficient (Wildman–Crippen LogP) is 3.85. The molecule has 0 aromatic heterocycles. The van der Waals surface area contributed by atoms with Gasteiger partial charge in [-0.15, -0.1) is 0 Å². The van der Waals surface area contributed by atoms with Crippen molar-refractivity contribution in [1.82, 2.24) is 5.32 Å². The minimum atomic E-state index is -1.73. The van der Waals surface area contributed by atoms with Crippen molar-refractivity contribution in [1.29, 1.82) is 0 Å². The van der Waals surface area contributed by atoms with Gasteiger partial charge in [0.1, 0.15) is 61.0 Å². The zero-order chi connectivity index (χ0) is 51.3. The zero-order valence-electron chi connectivity index (χ0n) is 43.3. The van der Waals surface area contributed by atoms with Crippen LogP contribution in [0.5, 0.6) is 0 Å². The zero-order valence-corrected chi connectivity index (χ0v) is 43.3. The minimum Gasteiger partial charge on any atom is -0.394 e. The largest absolute Gasteiger partial charge is 0.394 e. The number of carbonyl (C=O) groups excluding carboxylic acids is 1. The van der Waals surface area contributed by atoms with Crippen LogP contribution in [0.4, 0.5) is 0 Å². The molecule has 0 bridgehead atoms. The van der Waals surface area contributed by atoms with Crippen LogP contribution in [0.2, 0.25) is 0 Å². The molecule has 16 heteroatoms. The number of aliphatic hydroxyl groups excluding tert-OH is 8. The van der Waals surface area contributed by atoms with Crippen LogP contribution in [-0.2, 0) is 39.8 Å². The molecule has 3 saturated heterocycles. The van der Waals surface area contributed by atoms with E-state index < -0.39 is 116 Å². The van der Waals surface area contributed by atoms with E-state index in [2.05, 4.69) is 72.0 Å².